The summed E-state index contributed by atoms with van der Waals surface area (Å²) < 4.78 is 1.15. The first-order valence-corrected chi connectivity index (χ1v) is 7.94. The van der Waals surface area contributed by atoms with Crippen molar-refractivity contribution in [2.45, 2.75) is 19.9 Å². The summed E-state index contributed by atoms with van der Waals surface area (Å²) in [5.41, 5.74) is 9.06. The van der Waals surface area contributed by atoms with Gasteiger partial charge in [-0.3, -0.25) is 4.79 Å². The number of nitrogens with two attached hydrogens (primary N) is 1. The van der Waals surface area contributed by atoms with Crippen LogP contribution in [-0.2, 0) is 4.79 Å². The van der Waals surface area contributed by atoms with E-state index in [0.717, 1.165) is 20.4 Å². The van der Waals surface area contributed by atoms with E-state index in [1.54, 1.807) is 0 Å². The van der Waals surface area contributed by atoms with Gasteiger partial charge in [-0.1, -0.05) is 37.3 Å². The van der Waals surface area contributed by atoms with E-state index in [-0.39, 0.29) is 17.9 Å². The predicted molar refractivity (Wildman–Crippen MR) is 95.1 cm³/mol. The normalized spacial score (nSPS) is 13.5. The number of aryl methyl sites for hydroxylation is 1. The van der Waals surface area contributed by atoms with E-state index < -0.39 is 0 Å². The highest BCUT2D eigenvalue weighted by Crippen LogP contribution is 2.23. The van der Waals surface area contributed by atoms with Crippen LogP contribution in [0.3, 0.4) is 0 Å². The van der Waals surface area contributed by atoms with Crippen molar-refractivity contribution in [3.05, 3.63) is 63.2 Å². The van der Waals surface area contributed by atoms with Gasteiger partial charge in [0.2, 0.25) is 5.91 Å². The lowest BCUT2D eigenvalue weighted by molar-refractivity contribution is -0.120. The molecule has 2 rings (SSSR count). The minimum atomic E-state index is -0.310. The molecule has 21 heavy (non-hydrogen) atoms. The predicted octanol–water partition coefficient (Wildman–Crippen LogP) is 3.87. The highest BCUT2D eigenvalue weighted by Gasteiger charge is 2.22. The summed E-state index contributed by atoms with van der Waals surface area (Å²) in [5, 5.41) is 2.97. The van der Waals surface area contributed by atoms with Crippen molar-refractivity contribution >= 4 is 34.2 Å². The number of anilines is 1. The lowest BCUT2D eigenvalue weighted by Crippen LogP contribution is -2.30. The molecule has 110 valence electrons. The molecule has 0 aromatic heterocycles. The van der Waals surface area contributed by atoms with Crippen molar-refractivity contribution in [1.29, 1.82) is 0 Å². The maximum atomic E-state index is 12.4. The van der Waals surface area contributed by atoms with Crippen molar-refractivity contribution in [3.8, 4) is 0 Å². The fourth-order valence-electron chi connectivity index (χ4n) is 2.14. The Morgan fingerprint density at radius 3 is 2.48 bits per heavy atom. The summed E-state index contributed by atoms with van der Waals surface area (Å²) >= 11 is 2.25. The smallest absolute Gasteiger partial charge is 0.229 e. The number of halogens is 1. The van der Waals surface area contributed by atoms with Crippen molar-refractivity contribution in [2.75, 3.05) is 5.32 Å². The van der Waals surface area contributed by atoms with Crippen molar-refractivity contribution < 1.29 is 4.79 Å². The molecule has 2 aromatic rings. The first kappa shape index (κ1) is 16.0. The second kappa shape index (κ2) is 7.04. The molecular weight excluding hydrogens is 375 g/mol. The Bertz CT molecular complexity index is 628. The monoisotopic (exact) mass is 394 g/mol. The summed E-state index contributed by atoms with van der Waals surface area (Å²) in [7, 11) is 0. The van der Waals surface area contributed by atoms with Gasteiger partial charge in [-0.05, 0) is 58.8 Å². The van der Waals surface area contributed by atoms with E-state index in [4.69, 9.17) is 5.73 Å². The summed E-state index contributed by atoms with van der Waals surface area (Å²) in [5.74, 6) is -0.360. The van der Waals surface area contributed by atoms with E-state index in [1.807, 2.05) is 62.4 Å². The SMILES string of the molecule is Cc1cc(I)ccc1NC(=O)C(C)C(N)c1ccccc1. The van der Waals surface area contributed by atoms with Gasteiger partial charge in [-0.15, -0.1) is 0 Å². The molecule has 0 aliphatic rings. The average Bonchev–Trinajstić information content (AvgIpc) is 2.49. The third-order valence-corrected chi connectivity index (χ3v) is 4.25. The second-order valence-corrected chi connectivity index (χ2v) is 6.42. The van der Waals surface area contributed by atoms with E-state index in [0.29, 0.717) is 0 Å². The number of hydrogen-bond acceptors (Lipinski definition) is 2. The first-order chi connectivity index (χ1) is 9.99. The fraction of sp³-hybridized carbons (Fsp3) is 0.235. The van der Waals surface area contributed by atoms with Crippen molar-refractivity contribution in [1.82, 2.24) is 0 Å². The second-order valence-electron chi connectivity index (χ2n) is 5.17. The van der Waals surface area contributed by atoms with Crippen LogP contribution in [0.2, 0.25) is 0 Å². The largest absolute Gasteiger partial charge is 0.326 e. The molecule has 2 unspecified atom stereocenters. The third-order valence-electron chi connectivity index (χ3n) is 3.58. The van der Waals surface area contributed by atoms with Crippen LogP contribution in [0, 0.1) is 16.4 Å². The molecule has 0 saturated heterocycles. The standard InChI is InChI=1S/C17H19IN2O/c1-11-10-14(18)8-9-15(11)20-17(21)12(2)16(19)13-6-4-3-5-7-13/h3-10,12,16H,19H2,1-2H3,(H,20,21). The molecule has 0 spiro atoms. The van der Waals surface area contributed by atoms with Crippen LogP contribution in [0.25, 0.3) is 0 Å². The molecule has 3 nitrogen and oxygen atoms in total. The zero-order valence-electron chi connectivity index (χ0n) is 12.1. The molecule has 3 N–H and O–H groups in total. The molecule has 0 radical (unpaired) electrons. The maximum Gasteiger partial charge on any atom is 0.229 e. The molecule has 0 bridgehead atoms. The van der Waals surface area contributed by atoms with Gasteiger partial charge >= 0.3 is 0 Å². The lowest BCUT2D eigenvalue weighted by Gasteiger charge is -2.20. The Labute approximate surface area is 139 Å². The highest BCUT2D eigenvalue weighted by atomic mass is 127. The number of benzene rings is 2. The summed E-state index contributed by atoms with van der Waals surface area (Å²) in [6.07, 6.45) is 0. The highest BCUT2D eigenvalue weighted by molar-refractivity contribution is 14.1. The van der Waals surface area contributed by atoms with Gasteiger partial charge in [0.15, 0.2) is 0 Å². The van der Waals surface area contributed by atoms with Gasteiger partial charge in [0.05, 0.1) is 5.92 Å². The van der Waals surface area contributed by atoms with Crippen molar-refractivity contribution in [2.24, 2.45) is 11.7 Å². The molecule has 0 aliphatic heterocycles. The summed E-state index contributed by atoms with van der Waals surface area (Å²) in [4.78, 5) is 12.4. The lowest BCUT2D eigenvalue weighted by atomic mass is 9.94. The molecule has 0 fully saturated rings. The summed E-state index contributed by atoms with van der Waals surface area (Å²) in [6, 6.07) is 15.3. The molecule has 2 atom stereocenters. The maximum absolute atomic E-state index is 12.4. The zero-order valence-corrected chi connectivity index (χ0v) is 14.3. The molecule has 0 aliphatic carbocycles. The van der Waals surface area contributed by atoms with E-state index >= 15 is 0 Å². The van der Waals surface area contributed by atoms with Crippen LogP contribution < -0.4 is 11.1 Å². The number of carbonyl (C=O) groups is 1. The minimum Gasteiger partial charge on any atom is -0.326 e. The van der Waals surface area contributed by atoms with Crippen molar-refractivity contribution in [3.63, 3.8) is 0 Å². The van der Waals surface area contributed by atoms with Gasteiger partial charge in [0.1, 0.15) is 0 Å². The quantitative estimate of drug-likeness (QED) is 0.774. The Morgan fingerprint density at radius 2 is 1.86 bits per heavy atom. The van der Waals surface area contributed by atoms with Crippen LogP contribution in [0.15, 0.2) is 48.5 Å². The zero-order chi connectivity index (χ0) is 15.4. The van der Waals surface area contributed by atoms with Gasteiger partial charge in [0.25, 0.3) is 0 Å². The molecule has 0 heterocycles. The molecule has 2 aromatic carbocycles. The Kier molecular flexibility index (Phi) is 5.36. The number of hydrogen-bond donors (Lipinski definition) is 2. The molecular formula is C17H19IN2O. The Balaban J connectivity index is 2.09. The third kappa shape index (κ3) is 4.04. The van der Waals surface area contributed by atoms with E-state index in [2.05, 4.69) is 27.9 Å². The fourth-order valence-corrected chi connectivity index (χ4v) is 2.79. The van der Waals surface area contributed by atoms with Gasteiger partial charge < -0.3 is 11.1 Å². The number of nitrogens with one attached hydrogen (secondary N) is 1. The summed E-state index contributed by atoms with van der Waals surface area (Å²) in [6.45, 7) is 3.84. The van der Waals surface area contributed by atoms with E-state index in [9.17, 15) is 4.79 Å². The number of carbonyl (C=O) groups excluding carboxylic acids is 1. The van der Waals surface area contributed by atoms with Crippen LogP contribution in [0.4, 0.5) is 5.69 Å². The molecule has 1 amide bonds. The van der Waals surface area contributed by atoms with E-state index in [1.165, 1.54) is 0 Å². The van der Waals surface area contributed by atoms with Gasteiger partial charge in [-0.2, -0.15) is 0 Å². The minimum absolute atomic E-state index is 0.0596. The Morgan fingerprint density at radius 1 is 1.19 bits per heavy atom. The topological polar surface area (TPSA) is 55.1 Å². The van der Waals surface area contributed by atoms with Crippen LogP contribution in [-0.4, -0.2) is 5.91 Å². The number of amides is 1. The average molecular weight is 394 g/mol. The Hall–Kier alpha value is -1.40. The van der Waals surface area contributed by atoms with Crippen LogP contribution in [0.1, 0.15) is 24.1 Å². The van der Waals surface area contributed by atoms with Crippen LogP contribution in [0.5, 0.6) is 0 Å². The van der Waals surface area contributed by atoms with Gasteiger partial charge in [-0.25, -0.2) is 0 Å². The molecule has 4 heteroatoms. The van der Waals surface area contributed by atoms with Gasteiger partial charge in [0, 0.05) is 15.3 Å². The number of rotatable bonds is 4. The molecule has 0 saturated carbocycles. The van der Waals surface area contributed by atoms with Crippen LogP contribution >= 0.6 is 22.6 Å². The first-order valence-electron chi connectivity index (χ1n) is 6.86.